The number of benzene rings is 1. The van der Waals surface area contributed by atoms with Crippen LogP contribution in [0.3, 0.4) is 0 Å². The van der Waals surface area contributed by atoms with Crippen LogP contribution < -0.4 is 4.74 Å². The monoisotopic (exact) mass is 261 g/mol. The second-order valence-corrected chi connectivity index (χ2v) is 5.55. The third-order valence-corrected chi connectivity index (χ3v) is 4.04. The number of fused-ring (bicyclic) bond motifs is 1. The normalized spacial score (nSPS) is 25.1. The SMILES string of the molecule is O=C(O)c1ccc(OCCCN2CC3CC3C2)cc1. The lowest BCUT2D eigenvalue weighted by Crippen LogP contribution is -2.25. The van der Waals surface area contributed by atoms with E-state index in [0.29, 0.717) is 12.2 Å². The van der Waals surface area contributed by atoms with Gasteiger partial charge in [-0.3, -0.25) is 0 Å². The molecule has 4 heteroatoms. The van der Waals surface area contributed by atoms with Crippen molar-refractivity contribution in [2.75, 3.05) is 26.2 Å². The minimum Gasteiger partial charge on any atom is -0.494 e. The van der Waals surface area contributed by atoms with Gasteiger partial charge in [0.1, 0.15) is 5.75 Å². The Hall–Kier alpha value is -1.55. The minimum atomic E-state index is -0.904. The third kappa shape index (κ3) is 3.07. The van der Waals surface area contributed by atoms with Crippen molar-refractivity contribution >= 4 is 5.97 Å². The molecule has 0 spiro atoms. The number of hydrogen-bond acceptors (Lipinski definition) is 3. The molecule has 0 radical (unpaired) electrons. The fourth-order valence-electron chi connectivity index (χ4n) is 2.85. The lowest BCUT2D eigenvalue weighted by Gasteiger charge is -2.17. The molecule has 1 aromatic carbocycles. The van der Waals surface area contributed by atoms with Gasteiger partial charge < -0.3 is 14.7 Å². The average Bonchev–Trinajstić information content (AvgIpc) is 3.02. The predicted octanol–water partition coefficient (Wildman–Crippen LogP) is 2.11. The summed E-state index contributed by atoms with van der Waals surface area (Å²) in [6.07, 6.45) is 2.48. The zero-order valence-corrected chi connectivity index (χ0v) is 10.9. The number of carbonyl (C=O) groups is 1. The van der Waals surface area contributed by atoms with Crippen molar-refractivity contribution in [2.45, 2.75) is 12.8 Å². The second-order valence-electron chi connectivity index (χ2n) is 5.55. The smallest absolute Gasteiger partial charge is 0.335 e. The first-order valence-electron chi connectivity index (χ1n) is 6.91. The first kappa shape index (κ1) is 12.5. The highest BCUT2D eigenvalue weighted by atomic mass is 16.5. The molecule has 1 heterocycles. The van der Waals surface area contributed by atoms with Crippen molar-refractivity contribution in [3.05, 3.63) is 29.8 Å². The molecule has 1 aliphatic heterocycles. The Morgan fingerprint density at radius 2 is 1.95 bits per heavy atom. The van der Waals surface area contributed by atoms with Gasteiger partial charge in [-0.05, 0) is 48.9 Å². The van der Waals surface area contributed by atoms with Crippen molar-refractivity contribution < 1.29 is 14.6 Å². The van der Waals surface area contributed by atoms with Gasteiger partial charge in [-0.25, -0.2) is 4.79 Å². The number of nitrogens with zero attached hydrogens (tertiary/aromatic N) is 1. The van der Waals surface area contributed by atoms with Gasteiger partial charge in [0.25, 0.3) is 0 Å². The van der Waals surface area contributed by atoms with E-state index >= 15 is 0 Å². The Morgan fingerprint density at radius 3 is 2.58 bits per heavy atom. The largest absolute Gasteiger partial charge is 0.494 e. The summed E-state index contributed by atoms with van der Waals surface area (Å²) in [4.78, 5) is 13.2. The topological polar surface area (TPSA) is 49.8 Å². The van der Waals surface area contributed by atoms with Gasteiger partial charge in [-0.2, -0.15) is 0 Å². The van der Waals surface area contributed by atoms with E-state index in [1.54, 1.807) is 24.3 Å². The molecular formula is C15H19NO3. The molecule has 2 aliphatic rings. The van der Waals surface area contributed by atoms with Crippen LogP contribution in [0.1, 0.15) is 23.2 Å². The molecule has 19 heavy (non-hydrogen) atoms. The molecule has 4 nitrogen and oxygen atoms in total. The van der Waals surface area contributed by atoms with Crippen molar-refractivity contribution in [1.29, 1.82) is 0 Å². The van der Waals surface area contributed by atoms with Crippen LogP contribution in [0.5, 0.6) is 5.75 Å². The van der Waals surface area contributed by atoms with Gasteiger partial charge in [0.2, 0.25) is 0 Å². The molecule has 102 valence electrons. The molecule has 1 saturated carbocycles. The van der Waals surface area contributed by atoms with Crippen LogP contribution in [0.2, 0.25) is 0 Å². The van der Waals surface area contributed by atoms with Gasteiger partial charge >= 0.3 is 5.97 Å². The van der Waals surface area contributed by atoms with Gasteiger partial charge in [-0.1, -0.05) is 0 Å². The van der Waals surface area contributed by atoms with Crippen LogP contribution in [-0.2, 0) is 0 Å². The molecule has 1 aromatic rings. The maximum atomic E-state index is 10.7. The molecule has 1 aliphatic carbocycles. The number of piperidine rings is 1. The first-order chi connectivity index (χ1) is 9.22. The molecule has 0 amide bonds. The second kappa shape index (κ2) is 5.21. The summed E-state index contributed by atoms with van der Waals surface area (Å²) in [5, 5.41) is 8.79. The summed E-state index contributed by atoms with van der Waals surface area (Å²) in [5.41, 5.74) is 0.295. The molecule has 1 saturated heterocycles. The van der Waals surface area contributed by atoms with Crippen LogP contribution in [-0.4, -0.2) is 42.2 Å². The van der Waals surface area contributed by atoms with E-state index in [4.69, 9.17) is 9.84 Å². The molecule has 0 aromatic heterocycles. The molecule has 3 rings (SSSR count). The van der Waals surface area contributed by atoms with Crippen LogP contribution in [0, 0.1) is 11.8 Å². The molecule has 0 bridgehead atoms. The maximum Gasteiger partial charge on any atom is 0.335 e. The summed E-state index contributed by atoms with van der Waals surface area (Å²) < 4.78 is 5.62. The van der Waals surface area contributed by atoms with E-state index in [9.17, 15) is 4.79 Å². The highest BCUT2D eigenvalue weighted by Gasteiger charge is 2.44. The van der Waals surface area contributed by atoms with E-state index < -0.39 is 5.97 Å². The fraction of sp³-hybridized carbons (Fsp3) is 0.533. The lowest BCUT2D eigenvalue weighted by molar-refractivity contribution is 0.0697. The lowest BCUT2D eigenvalue weighted by atomic mass is 10.2. The van der Waals surface area contributed by atoms with Crippen molar-refractivity contribution in [1.82, 2.24) is 4.90 Å². The number of rotatable bonds is 6. The number of ether oxygens (including phenoxy) is 1. The average molecular weight is 261 g/mol. The van der Waals surface area contributed by atoms with Crippen LogP contribution >= 0.6 is 0 Å². The van der Waals surface area contributed by atoms with Crippen molar-refractivity contribution in [3.8, 4) is 5.75 Å². The standard InChI is InChI=1S/C15H19NO3/c17-15(18)11-2-4-14(5-3-11)19-7-1-6-16-9-12-8-13(12)10-16/h2-5,12-13H,1,6-10H2,(H,17,18). The summed E-state index contributed by atoms with van der Waals surface area (Å²) in [6.45, 7) is 4.36. The Kier molecular flexibility index (Phi) is 3.42. The summed E-state index contributed by atoms with van der Waals surface area (Å²) in [5.74, 6) is 1.82. The quantitative estimate of drug-likeness (QED) is 0.797. The number of likely N-dealkylation sites (tertiary alicyclic amines) is 1. The maximum absolute atomic E-state index is 10.7. The van der Waals surface area contributed by atoms with Gasteiger partial charge in [0.05, 0.1) is 12.2 Å². The Bertz CT molecular complexity index is 447. The van der Waals surface area contributed by atoms with E-state index in [1.807, 2.05) is 0 Å². The van der Waals surface area contributed by atoms with Crippen LogP contribution in [0.4, 0.5) is 0 Å². The predicted molar refractivity (Wildman–Crippen MR) is 71.6 cm³/mol. The number of hydrogen-bond donors (Lipinski definition) is 1. The minimum absolute atomic E-state index is 0.295. The van der Waals surface area contributed by atoms with E-state index in [0.717, 1.165) is 30.6 Å². The summed E-state index contributed by atoms with van der Waals surface area (Å²) >= 11 is 0. The Labute approximate surface area is 113 Å². The van der Waals surface area contributed by atoms with Gasteiger partial charge in [0, 0.05) is 19.6 Å². The van der Waals surface area contributed by atoms with Crippen LogP contribution in [0.15, 0.2) is 24.3 Å². The molecule has 1 N–H and O–H groups in total. The number of aromatic carboxylic acids is 1. The first-order valence-corrected chi connectivity index (χ1v) is 6.91. The van der Waals surface area contributed by atoms with E-state index in [-0.39, 0.29) is 0 Å². The fourth-order valence-corrected chi connectivity index (χ4v) is 2.85. The van der Waals surface area contributed by atoms with Gasteiger partial charge in [0.15, 0.2) is 0 Å². The zero-order valence-electron chi connectivity index (χ0n) is 10.9. The number of carboxylic acids is 1. The van der Waals surface area contributed by atoms with Crippen molar-refractivity contribution in [2.24, 2.45) is 11.8 Å². The van der Waals surface area contributed by atoms with Crippen LogP contribution in [0.25, 0.3) is 0 Å². The molecule has 2 fully saturated rings. The van der Waals surface area contributed by atoms with E-state index in [1.165, 1.54) is 19.5 Å². The highest BCUT2D eigenvalue weighted by molar-refractivity contribution is 5.87. The number of carboxylic acid groups (broad SMARTS) is 1. The third-order valence-electron chi connectivity index (χ3n) is 4.04. The highest BCUT2D eigenvalue weighted by Crippen LogP contribution is 2.44. The Morgan fingerprint density at radius 1 is 1.26 bits per heavy atom. The van der Waals surface area contributed by atoms with Gasteiger partial charge in [-0.15, -0.1) is 0 Å². The molecular weight excluding hydrogens is 242 g/mol. The molecule has 2 atom stereocenters. The van der Waals surface area contributed by atoms with E-state index in [2.05, 4.69) is 4.90 Å². The van der Waals surface area contributed by atoms with Crippen molar-refractivity contribution in [3.63, 3.8) is 0 Å². The molecule has 2 unspecified atom stereocenters. The Balaban J connectivity index is 1.36. The summed E-state index contributed by atoms with van der Waals surface area (Å²) in [7, 11) is 0. The zero-order chi connectivity index (χ0) is 13.2. The summed E-state index contributed by atoms with van der Waals surface area (Å²) in [6, 6.07) is 6.58.